The van der Waals surface area contributed by atoms with Gasteiger partial charge >= 0.3 is 0 Å². The first-order valence-electron chi connectivity index (χ1n) is 7.80. The number of piperazine rings is 1. The van der Waals surface area contributed by atoms with Crippen molar-refractivity contribution in [1.82, 2.24) is 5.01 Å². The van der Waals surface area contributed by atoms with Crippen molar-refractivity contribution >= 4 is 17.2 Å². The van der Waals surface area contributed by atoms with Crippen LogP contribution in [0.15, 0.2) is 64.9 Å². The number of Topliss-reactive ketones (excluding diaryl/α,β-unsaturated/α-hetero) is 1. The molecule has 0 atom stereocenters. The molecular formula is C18H20N4O. The van der Waals surface area contributed by atoms with Crippen LogP contribution in [-0.4, -0.2) is 37.0 Å². The van der Waals surface area contributed by atoms with E-state index in [1.54, 1.807) is 6.92 Å². The van der Waals surface area contributed by atoms with Crippen LogP contribution in [0.4, 0.5) is 11.4 Å². The van der Waals surface area contributed by atoms with E-state index in [1.165, 1.54) is 0 Å². The van der Waals surface area contributed by atoms with Gasteiger partial charge in [-0.2, -0.15) is 0 Å². The van der Waals surface area contributed by atoms with Gasteiger partial charge in [-0.05, 0) is 43.3 Å². The standard InChI is InChI=1S/C18H20N4O/c1-15(23)16-7-9-18(10-8-16)21-11-13-22(14-12-21)20-19-17-5-3-2-4-6-17/h2-10H,11-14H2,1H3/b20-19+. The van der Waals surface area contributed by atoms with Crippen molar-refractivity contribution in [3.63, 3.8) is 0 Å². The third-order valence-electron chi connectivity index (χ3n) is 3.94. The molecule has 2 aromatic rings. The number of anilines is 1. The van der Waals surface area contributed by atoms with Crippen molar-refractivity contribution in [2.75, 3.05) is 31.1 Å². The Hall–Kier alpha value is -2.69. The average molecular weight is 308 g/mol. The van der Waals surface area contributed by atoms with Crippen molar-refractivity contribution in [2.45, 2.75) is 6.92 Å². The molecule has 1 fully saturated rings. The van der Waals surface area contributed by atoms with E-state index in [0.29, 0.717) is 0 Å². The highest BCUT2D eigenvalue weighted by atomic mass is 16.1. The molecule has 5 heteroatoms. The van der Waals surface area contributed by atoms with Crippen molar-refractivity contribution in [2.24, 2.45) is 10.3 Å². The summed E-state index contributed by atoms with van der Waals surface area (Å²) in [6.45, 7) is 5.06. The van der Waals surface area contributed by atoms with Crippen LogP contribution in [0, 0.1) is 0 Å². The predicted octanol–water partition coefficient (Wildman–Crippen LogP) is 3.71. The highest BCUT2D eigenvalue weighted by Gasteiger charge is 2.16. The maximum Gasteiger partial charge on any atom is 0.159 e. The summed E-state index contributed by atoms with van der Waals surface area (Å²) in [6.07, 6.45) is 0. The Kier molecular flexibility index (Phi) is 4.66. The molecule has 1 aliphatic rings. The van der Waals surface area contributed by atoms with Crippen LogP contribution in [0.5, 0.6) is 0 Å². The Bertz CT molecular complexity index is 674. The van der Waals surface area contributed by atoms with Crippen molar-refractivity contribution in [3.05, 3.63) is 60.2 Å². The lowest BCUT2D eigenvalue weighted by Crippen LogP contribution is -2.43. The van der Waals surface area contributed by atoms with Gasteiger partial charge in [0, 0.05) is 24.3 Å². The van der Waals surface area contributed by atoms with Crippen LogP contribution < -0.4 is 4.90 Å². The summed E-state index contributed by atoms with van der Waals surface area (Å²) in [7, 11) is 0. The molecular weight excluding hydrogens is 288 g/mol. The van der Waals surface area contributed by atoms with Crippen LogP contribution in [0.25, 0.3) is 0 Å². The van der Waals surface area contributed by atoms with Crippen LogP contribution in [0.1, 0.15) is 17.3 Å². The molecule has 1 saturated heterocycles. The van der Waals surface area contributed by atoms with Gasteiger partial charge in [0.25, 0.3) is 0 Å². The first-order valence-corrected chi connectivity index (χ1v) is 7.80. The van der Waals surface area contributed by atoms with E-state index in [4.69, 9.17) is 0 Å². The number of hydrogen-bond acceptors (Lipinski definition) is 4. The van der Waals surface area contributed by atoms with E-state index >= 15 is 0 Å². The molecule has 0 amide bonds. The van der Waals surface area contributed by atoms with Crippen LogP contribution in [-0.2, 0) is 0 Å². The lowest BCUT2D eigenvalue weighted by atomic mass is 10.1. The molecule has 0 bridgehead atoms. The molecule has 0 unspecified atom stereocenters. The number of ketones is 1. The van der Waals surface area contributed by atoms with E-state index in [1.807, 2.05) is 59.6 Å². The van der Waals surface area contributed by atoms with Gasteiger partial charge in [0.05, 0.1) is 18.8 Å². The SMILES string of the molecule is CC(=O)c1ccc(N2CCN(/N=N/c3ccccc3)CC2)cc1. The van der Waals surface area contributed by atoms with Gasteiger partial charge in [-0.1, -0.05) is 23.4 Å². The second-order valence-electron chi connectivity index (χ2n) is 5.57. The highest BCUT2D eigenvalue weighted by molar-refractivity contribution is 5.94. The number of carbonyl (C=O) groups excluding carboxylic acids is 1. The number of rotatable bonds is 4. The third kappa shape index (κ3) is 3.94. The molecule has 5 nitrogen and oxygen atoms in total. The summed E-state index contributed by atoms with van der Waals surface area (Å²) in [4.78, 5) is 13.6. The van der Waals surface area contributed by atoms with Crippen molar-refractivity contribution in [1.29, 1.82) is 0 Å². The lowest BCUT2D eigenvalue weighted by Gasteiger charge is -2.33. The number of carbonyl (C=O) groups is 1. The smallest absolute Gasteiger partial charge is 0.159 e. The van der Waals surface area contributed by atoms with E-state index in [-0.39, 0.29) is 5.78 Å². The highest BCUT2D eigenvalue weighted by Crippen LogP contribution is 2.18. The molecule has 2 aromatic carbocycles. The zero-order valence-electron chi connectivity index (χ0n) is 13.2. The largest absolute Gasteiger partial charge is 0.368 e. The van der Waals surface area contributed by atoms with Crippen molar-refractivity contribution < 1.29 is 4.79 Å². The van der Waals surface area contributed by atoms with Gasteiger partial charge in [-0.3, -0.25) is 9.80 Å². The fourth-order valence-electron chi connectivity index (χ4n) is 2.56. The minimum absolute atomic E-state index is 0.0997. The Morgan fingerprint density at radius 1 is 0.913 bits per heavy atom. The topological polar surface area (TPSA) is 48.3 Å². The van der Waals surface area contributed by atoms with Crippen molar-refractivity contribution in [3.8, 4) is 0 Å². The molecule has 0 aliphatic carbocycles. The Balaban J connectivity index is 1.56. The van der Waals surface area contributed by atoms with Gasteiger partial charge in [0.1, 0.15) is 0 Å². The maximum atomic E-state index is 11.3. The summed E-state index contributed by atoms with van der Waals surface area (Å²) in [6, 6.07) is 17.6. The molecule has 0 radical (unpaired) electrons. The number of hydrogen-bond donors (Lipinski definition) is 0. The Labute approximate surface area is 136 Å². The van der Waals surface area contributed by atoms with E-state index in [9.17, 15) is 4.79 Å². The second kappa shape index (κ2) is 7.05. The van der Waals surface area contributed by atoms with Gasteiger partial charge < -0.3 is 4.90 Å². The molecule has 0 spiro atoms. The van der Waals surface area contributed by atoms with Crippen LogP contribution in [0.3, 0.4) is 0 Å². The fourth-order valence-corrected chi connectivity index (χ4v) is 2.56. The Morgan fingerprint density at radius 3 is 2.17 bits per heavy atom. The molecule has 23 heavy (non-hydrogen) atoms. The summed E-state index contributed by atoms with van der Waals surface area (Å²) in [5.74, 6) is 0.0997. The monoisotopic (exact) mass is 308 g/mol. The van der Waals surface area contributed by atoms with Gasteiger partial charge in [-0.15, -0.1) is 5.11 Å². The second-order valence-corrected chi connectivity index (χ2v) is 5.57. The minimum atomic E-state index is 0.0997. The van der Waals surface area contributed by atoms with Gasteiger partial charge in [-0.25, -0.2) is 0 Å². The lowest BCUT2D eigenvalue weighted by molar-refractivity contribution is 0.101. The quantitative estimate of drug-likeness (QED) is 0.639. The zero-order chi connectivity index (χ0) is 16.1. The molecule has 0 N–H and O–H groups in total. The molecule has 1 heterocycles. The van der Waals surface area contributed by atoms with Crippen LogP contribution in [0.2, 0.25) is 0 Å². The van der Waals surface area contributed by atoms with Crippen LogP contribution >= 0.6 is 0 Å². The third-order valence-corrected chi connectivity index (χ3v) is 3.94. The Morgan fingerprint density at radius 2 is 1.57 bits per heavy atom. The maximum absolute atomic E-state index is 11.3. The fraction of sp³-hybridized carbons (Fsp3) is 0.278. The van der Waals surface area contributed by atoms with Gasteiger partial charge in [0.2, 0.25) is 0 Å². The van der Waals surface area contributed by atoms with Gasteiger partial charge in [0.15, 0.2) is 5.78 Å². The molecule has 118 valence electrons. The summed E-state index contributed by atoms with van der Waals surface area (Å²) < 4.78 is 0. The molecule has 3 rings (SSSR count). The van der Waals surface area contributed by atoms with E-state index in [2.05, 4.69) is 15.2 Å². The predicted molar refractivity (Wildman–Crippen MR) is 91.2 cm³/mol. The molecule has 1 aliphatic heterocycles. The first kappa shape index (κ1) is 15.2. The van der Waals surface area contributed by atoms with E-state index in [0.717, 1.165) is 43.1 Å². The zero-order valence-corrected chi connectivity index (χ0v) is 13.2. The first-order chi connectivity index (χ1) is 11.2. The summed E-state index contributed by atoms with van der Waals surface area (Å²) in [5.41, 5.74) is 2.77. The molecule has 0 aromatic heterocycles. The molecule has 0 saturated carbocycles. The summed E-state index contributed by atoms with van der Waals surface area (Å²) in [5, 5.41) is 10.6. The van der Waals surface area contributed by atoms with E-state index < -0.39 is 0 Å². The normalized spacial score (nSPS) is 15.2. The number of nitrogens with zero attached hydrogens (tertiary/aromatic N) is 4. The minimum Gasteiger partial charge on any atom is -0.368 e. The average Bonchev–Trinajstić information content (AvgIpc) is 2.61. The number of benzene rings is 2. The summed E-state index contributed by atoms with van der Waals surface area (Å²) >= 11 is 0.